The van der Waals surface area contributed by atoms with Crippen LogP contribution in [0, 0.1) is 0 Å². The predicted molar refractivity (Wildman–Crippen MR) is 76.7 cm³/mol. The lowest BCUT2D eigenvalue weighted by Gasteiger charge is -2.14. The molecule has 2 rings (SSSR count). The number of ether oxygens (including phenoxy) is 1. The van der Waals surface area contributed by atoms with E-state index in [2.05, 4.69) is 15.2 Å². The second-order valence-corrected chi connectivity index (χ2v) is 4.91. The number of nitrogens with zero attached hydrogens (tertiary/aromatic N) is 1. The normalized spacial score (nSPS) is 15.2. The molecule has 0 radical (unpaired) electrons. The standard InChI is InChI=1S/C15H22N2O3/c1-19-16-15(18)13-5-7-14(8-6-13)20-12-4-11-17-9-2-3-10-17/h5-8H,2-4,9-12H2,1H3,(H,16,18). The SMILES string of the molecule is CONC(=O)c1ccc(OCCCN2CCCC2)cc1. The number of carbonyl (C=O) groups is 1. The number of carbonyl (C=O) groups excluding carboxylic acids is 1. The third kappa shape index (κ3) is 4.51. The van der Waals surface area contributed by atoms with Gasteiger partial charge in [0.05, 0.1) is 13.7 Å². The lowest BCUT2D eigenvalue weighted by atomic mass is 10.2. The Bertz CT molecular complexity index is 414. The maximum atomic E-state index is 11.5. The van der Waals surface area contributed by atoms with Crippen LogP contribution < -0.4 is 10.2 Å². The largest absolute Gasteiger partial charge is 0.494 e. The minimum absolute atomic E-state index is 0.256. The molecule has 0 atom stereocenters. The van der Waals surface area contributed by atoms with Gasteiger partial charge in [-0.3, -0.25) is 9.63 Å². The highest BCUT2D eigenvalue weighted by atomic mass is 16.6. The molecule has 1 aromatic rings. The molecule has 20 heavy (non-hydrogen) atoms. The van der Waals surface area contributed by atoms with Gasteiger partial charge in [-0.25, -0.2) is 5.48 Å². The summed E-state index contributed by atoms with van der Waals surface area (Å²) in [5.74, 6) is 0.536. The van der Waals surface area contributed by atoms with E-state index in [1.807, 2.05) is 0 Å². The van der Waals surface area contributed by atoms with Crippen molar-refractivity contribution in [2.45, 2.75) is 19.3 Å². The van der Waals surface area contributed by atoms with Gasteiger partial charge < -0.3 is 9.64 Å². The fourth-order valence-corrected chi connectivity index (χ4v) is 2.34. The first kappa shape index (κ1) is 14.8. The van der Waals surface area contributed by atoms with Crippen molar-refractivity contribution in [2.75, 3.05) is 33.4 Å². The molecule has 0 aliphatic carbocycles. The number of hydroxylamine groups is 1. The van der Waals surface area contributed by atoms with Crippen LogP contribution in [0.5, 0.6) is 5.75 Å². The van der Waals surface area contributed by atoms with Crippen molar-refractivity contribution in [3.8, 4) is 5.75 Å². The van der Waals surface area contributed by atoms with Crippen LogP contribution in [0.1, 0.15) is 29.6 Å². The lowest BCUT2D eigenvalue weighted by molar-refractivity contribution is 0.0537. The Morgan fingerprint density at radius 1 is 1.25 bits per heavy atom. The zero-order valence-corrected chi connectivity index (χ0v) is 11.9. The average molecular weight is 278 g/mol. The molecule has 110 valence electrons. The van der Waals surface area contributed by atoms with Crippen molar-refractivity contribution in [1.82, 2.24) is 10.4 Å². The molecule has 0 unspecified atom stereocenters. The van der Waals surface area contributed by atoms with Crippen molar-refractivity contribution in [2.24, 2.45) is 0 Å². The fraction of sp³-hybridized carbons (Fsp3) is 0.533. The van der Waals surface area contributed by atoms with Crippen LogP contribution in [-0.4, -0.2) is 44.2 Å². The Labute approximate surface area is 119 Å². The van der Waals surface area contributed by atoms with E-state index in [4.69, 9.17) is 4.74 Å². The van der Waals surface area contributed by atoms with Gasteiger partial charge in [0.1, 0.15) is 5.75 Å². The highest BCUT2D eigenvalue weighted by Crippen LogP contribution is 2.13. The Hall–Kier alpha value is -1.59. The van der Waals surface area contributed by atoms with Crippen molar-refractivity contribution in [3.05, 3.63) is 29.8 Å². The minimum Gasteiger partial charge on any atom is -0.494 e. The molecule has 0 aromatic heterocycles. The van der Waals surface area contributed by atoms with Crippen molar-refractivity contribution in [3.63, 3.8) is 0 Å². The van der Waals surface area contributed by atoms with Gasteiger partial charge in [-0.05, 0) is 56.6 Å². The highest BCUT2D eigenvalue weighted by molar-refractivity contribution is 5.93. The first-order chi connectivity index (χ1) is 9.79. The van der Waals surface area contributed by atoms with E-state index in [1.165, 1.54) is 33.0 Å². The third-order valence-corrected chi connectivity index (χ3v) is 3.40. The summed E-state index contributed by atoms with van der Waals surface area (Å²) in [4.78, 5) is 18.5. The van der Waals surface area contributed by atoms with Gasteiger partial charge in [0.15, 0.2) is 0 Å². The molecule has 0 spiro atoms. The maximum absolute atomic E-state index is 11.5. The summed E-state index contributed by atoms with van der Waals surface area (Å²) in [6, 6.07) is 7.06. The van der Waals surface area contributed by atoms with E-state index in [9.17, 15) is 4.79 Å². The van der Waals surface area contributed by atoms with Crippen LogP contribution in [0.4, 0.5) is 0 Å². The molecule has 5 nitrogen and oxygen atoms in total. The molecule has 5 heteroatoms. The number of hydrogen-bond donors (Lipinski definition) is 1. The quantitative estimate of drug-likeness (QED) is 0.611. The smallest absolute Gasteiger partial charge is 0.274 e. The van der Waals surface area contributed by atoms with Crippen LogP contribution in [0.25, 0.3) is 0 Å². The zero-order chi connectivity index (χ0) is 14.2. The summed E-state index contributed by atoms with van der Waals surface area (Å²) < 4.78 is 5.67. The molecule has 0 bridgehead atoms. The highest BCUT2D eigenvalue weighted by Gasteiger charge is 2.10. The Balaban J connectivity index is 1.69. The fourth-order valence-electron chi connectivity index (χ4n) is 2.34. The number of hydrogen-bond acceptors (Lipinski definition) is 4. The van der Waals surface area contributed by atoms with Gasteiger partial charge >= 0.3 is 0 Å². The summed E-state index contributed by atoms with van der Waals surface area (Å²) in [5, 5.41) is 0. The van der Waals surface area contributed by atoms with Crippen LogP contribution in [0.2, 0.25) is 0 Å². The molecule has 1 amide bonds. The van der Waals surface area contributed by atoms with Gasteiger partial charge in [0, 0.05) is 12.1 Å². The molecular weight excluding hydrogens is 256 g/mol. The first-order valence-electron chi connectivity index (χ1n) is 7.08. The molecule has 1 aliphatic heterocycles. The number of nitrogens with one attached hydrogen (secondary N) is 1. The van der Waals surface area contributed by atoms with E-state index in [1.54, 1.807) is 24.3 Å². The van der Waals surface area contributed by atoms with E-state index in [0.29, 0.717) is 12.2 Å². The summed E-state index contributed by atoms with van der Waals surface area (Å²) in [5.41, 5.74) is 2.83. The van der Waals surface area contributed by atoms with Gasteiger partial charge in [0.25, 0.3) is 5.91 Å². The predicted octanol–water partition coefficient (Wildman–Crippen LogP) is 1.84. The Kier molecular flexibility index (Phi) is 5.83. The summed E-state index contributed by atoms with van der Waals surface area (Å²) >= 11 is 0. The van der Waals surface area contributed by atoms with Crippen LogP contribution in [-0.2, 0) is 4.84 Å². The molecule has 1 heterocycles. The number of rotatable bonds is 7. The van der Waals surface area contributed by atoms with E-state index < -0.39 is 0 Å². The van der Waals surface area contributed by atoms with E-state index in [-0.39, 0.29) is 5.91 Å². The average Bonchev–Trinajstić information content (AvgIpc) is 2.98. The maximum Gasteiger partial charge on any atom is 0.274 e. The topological polar surface area (TPSA) is 50.8 Å². The van der Waals surface area contributed by atoms with E-state index >= 15 is 0 Å². The number of benzene rings is 1. The summed E-state index contributed by atoms with van der Waals surface area (Å²) in [6.07, 6.45) is 3.68. The molecular formula is C15H22N2O3. The molecule has 1 aromatic carbocycles. The van der Waals surface area contributed by atoms with Crippen LogP contribution >= 0.6 is 0 Å². The van der Waals surface area contributed by atoms with Crippen molar-refractivity contribution < 1.29 is 14.4 Å². The van der Waals surface area contributed by atoms with Crippen LogP contribution in [0.3, 0.4) is 0 Å². The third-order valence-electron chi connectivity index (χ3n) is 3.40. The zero-order valence-electron chi connectivity index (χ0n) is 11.9. The second kappa shape index (κ2) is 7.87. The summed E-state index contributed by atoms with van der Waals surface area (Å²) in [7, 11) is 1.41. The van der Waals surface area contributed by atoms with Gasteiger partial charge in [-0.1, -0.05) is 0 Å². The Morgan fingerprint density at radius 3 is 2.60 bits per heavy atom. The van der Waals surface area contributed by atoms with Crippen molar-refractivity contribution >= 4 is 5.91 Å². The molecule has 1 N–H and O–H groups in total. The minimum atomic E-state index is -0.256. The molecule has 1 aliphatic rings. The van der Waals surface area contributed by atoms with Gasteiger partial charge in [-0.15, -0.1) is 0 Å². The molecule has 0 saturated carbocycles. The van der Waals surface area contributed by atoms with Gasteiger partial charge in [-0.2, -0.15) is 0 Å². The number of amides is 1. The monoisotopic (exact) mass is 278 g/mol. The first-order valence-corrected chi connectivity index (χ1v) is 7.08. The van der Waals surface area contributed by atoms with E-state index in [0.717, 1.165) is 18.7 Å². The van der Waals surface area contributed by atoms with Crippen LogP contribution in [0.15, 0.2) is 24.3 Å². The Morgan fingerprint density at radius 2 is 1.95 bits per heavy atom. The molecule has 1 saturated heterocycles. The molecule has 1 fully saturated rings. The summed E-state index contributed by atoms with van der Waals surface area (Å²) in [6.45, 7) is 4.26. The number of likely N-dealkylation sites (tertiary alicyclic amines) is 1. The van der Waals surface area contributed by atoms with Crippen molar-refractivity contribution in [1.29, 1.82) is 0 Å². The van der Waals surface area contributed by atoms with Gasteiger partial charge in [0.2, 0.25) is 0 Å². The second-order valence-electron chi connectivity index (χ2n) is 4.91. The lowest BCUT2D eigenvalue weighted by Crippen LogP contribution is -2.22.